The molecular formula is C89H102ClF8N13O4. The maximum atomic E-state index is 13.5. The van der Waals surface area contributed by atoms with Gasteiger partial charge in [0.1, 0.15) is 11.6 Å². The number of likely N-dealkylation sites (tertiary alicyclic amines) is 4. The van der Waals surface area contributed by atoms with Crippen LogP contribution >= 0.6 is 11.6 Å². The molecular weight excluding hydrogens is 1500 g/mol. The molecule has 4 saturated heterocycles. The molecule has 0 spiro atoms. The number of hydrogen-bond acceptors (Lipinski definition) is 10. The van der Waals surface area contributed by atoms with Gasteiger partial charge in [-0.2, -0.15) is 26.3 Å². The Labute approximate surface area is 672 Å². The Hall–Kier alpha value is -10.2. The van der Waals surface area contributed by atoms with Gasteiger partial charge >= 0.3 is 30.4 Å². The molecule has 4 aliphatic rings. The van der Waals surface area contributed by atoms with Gasteiger partial charge in [0.25, 0.3) is 5.92 Å². The van der Waals surface area contributed by atoms with Crippen LogP contribution in [0.5, 0.6) is 0 Å². The summed E-state index contributed by atoms with van der Waals surface area (Å²) in [5.74, 6) is -0.494. The summed E-state index contributed by atoms with van der Waals surface area (Å²) in [4.78, 5) is 64.3. The first-order chi connectivity index (χ1) is 55.1. The highest BCUT2D eigenvalue weighted by Gasteiger charge is 2.35. The van der Waals surface area contributed by atoms with Crippen LogP contribution in [0.25, 0.3) is 11.0 Å². The molecule has 4 fully saturated rings. The smallest absolute Gasteiger partial charge is 0.416 e. The summed E-state index contributed by atoms with van der Waals surface area (Å²) >= 11 is 6.19. The summed E-state index contributed by atoms with van der Waals surface area (Å²) < 4.78 is 110. The van der Waals surface area contributed by atoms with Gasteiger partial charge in [-0.25, -0.2) is 28.1 Å². The monoisotopic (exact) mass is 1600 g/mol. The van der Waals surface area contributed by atoms with Crippen LogP contribution in [0.4, 0.5) is 66.6 Å². The highest BCUT2D eigenvalue weighted by molar-refractivity contribution is 6.31. The lowest BCUT2D eigenvalue weighted by Crippen LogP contribution is -2.48. The topological polar surface area (TPSA) is 173 Å². The zero-order valence-electron chi connectivity index (χ0n) is 65.6. The van der Waals surface area contributed by atoms with Gasteiger partial charge in [-0.15, -0.1) is 0 Å². The van der Waals surface area contributed by atoms with E-state index < -0.39 is 41.5 Å². The lowest BCUT2D eigenvalue weighted by molar-refractivity contribution is -0.138. The van der Waals surface area contributed by atoms with Crippen molar-refractivity contribution in [2.24, 2.45) is 0 Å². The SMILES string of the molecule is CCN1CCC(N(Cc2ccco2)C(=O)Nc2ccc(C)c(Cl)c2)CC1.Cc1ccc2nc(C3CCN(Cc4cccc(C(C)(F)F)c4)CC3)[nH]c2c1.Cc1cccc(CN(C(=O)Nc2cccc(C(F)(F)F)c2)C2CCN(Cc3ccccc3)CC2)n1.O=C(Nc1cccc(C(F)(F)F)c1)NC1CCN(Cc2ccccc2)CC1. The van der Waals surface area contributed by atoms with Crippen molar-refractivity contribution in [3.05, 3.63) is 279 Å². The van der Waals surface area contributed by atoms with Crippen molar-refractivity contribution in [1.82, 2.24) is 49.7 Å². The number of urea groups is 3. The number of nitrogens with one attached hydrogen (secondary N) is 5. The zero-order valence-corrected chi connectivity index (χ0v) is 66.4. The van der Waals surface area contributed by atoms with Gasteiger partial charge in [-0.3, -0.25) is 19.7 Å². The van der Waals surface area contributed by atoms with Crippen molar-refractivity contribution in [3.8, 4) is 0 Å². The van der Waals surface area contributed by atoms with E-state index in [1.54, 1.807) is 29.4 Å². The molecule has 0 aliphatic carbocycles. The average Bonchev–Trinajstić information content (AvgIpc) is 1.68. The molecule has 14 rings (SSSR count). The summed E-state index contributed by atoms with van der Waals surface area (Å²) in [7, 11) is 0. The molecule has 4 aliphatic heterocycles. The molecule has 10 aromatic rings. The van der Waals surface area contributed by atoms with Gasteiger partial charge in [-0.1, -0.05) is 128 Å². The minimum Gasteiger partial charge on any atom is -0.467 e. The third-order valence-electron chi connectivity index (χ3n) is 21.4. The molecule has 115 heavy (non-hydrogen) atoms. The number of fused-ring (bicyclic) bond motifs is 1. The van der Waals surface area contributed by atoms with Crippen molar-refractivity contribution in [2.75, 3.05) is 74.9 Å². The largest absolute Gasteiger partial charge is 0.467 e. The Balaban J connectivity index is 0.000000152. The predicted octanol–water partition coefficient (Wildman–Crippen LogP) is 20.7. The van der Waals surface area contributed by atoms with E-state index in [-0.39, 0.29) is 47.6 Å². The Morgan fingerprint density at radius 2 is 1.01 bits per heavy atom. The summed E-state index contributed by atoms with van der Waals surface area (Å²) in [5.41, 5.74) is 8.86. The number of amides is 6. The number of anilines is 3. The number of halogens is 9. The Morgan fingerprint density at radius 3 is 1.55 bits per heavy atom. The first-order valence-electron chi connectivity index (χ1n) is 39.3. The number of rotatable bonds is 19. The molecule has 0 atom stereocenters. The predicted molar refractivity (Wildman–Crippen MR) is 437 cm³/mol. The van der Waals surface area contributed by atoms with Crippen molar-refractivity contribution in [2.45, 2.75) is 161 Å². The molecule has 5 N–H and O–H groups in total. The van der Waals surface area contributed by atoms with Crippen LogP contribution < -0.4 is 21.3 Å². The van der Waals surface area contributed by atoms with Crippen molar-refractivity contribution < 1.29 is 53.9 Å². The highest BCUT2D eigenvalue weighted by atomic mass is 35.5. The molecule has 7 aromatic carbocycles. The summed E-state index contributed by atoms with van der Waals surface area (Å²) in [5, 5.41) is 11.7. The molecule has 17 nitrogen and oxygen atoms in total. The molecule has 610 valence electrons. The van der Waals surface area contributed by atoms with E-state index in [0.717, 1.165) is 206 Å². The van der Waals surface area contributed by atoms with E-state index in [9.17, 15) is 49.5 Å². The lowest BCUT2D eigenvalue weighted by Gasteiger charge is -2.38. The van der Waals surface area contributed by atoms with Gasteiger partial charge in [0.05, 0.1) is 47.2 Å². The molecule has 0 bridgehead atoms. The van der Waals surface area contributed by atoms with Gasteiger partial charge in [0, 0.05) is 123 Å². The molecule has 6 amide bonds. The average molecular weight is 1610 g/mol. The number of H-pyrrole nitrogens is 1. The minimum absolute atomic E-state index is 0.0165. The zero-order chi connectivity index (χ0) is 81.7. The standard InChI is InChI=1S/C27H29F3N4O.C22H25F2N3.C20H26ClN3O2.C20H22F3N3O/c1-20-7-5-12-24(31-20)19-34(26(35)32-23-11-6-10-22(17-23)27(28,29)30)25-13-15-33(16-14-25)18-21-8-3-2-4-9-21;1-15-6-7-19-20(12-15)26-21(25-19)17-8-10-27(11-9-17)14-16-4-3-5-18(13-16)22(2,23)24;1-3-23-10-8-17(9-11-23)24(14-18-5-4-12-26-18)20(25)22-16-7-6-15(2)19(21)13-16;21-20(22,23)16-7-4-8-18(13-16)25-19(27)24-17-9-11-26(12-10-17)14-15-5-2-1-3-6-15/h2-12,17,25H,13-16,18-19H2,1H3,(H,32,35);3-7,12-13,17H,8-11,14H2,1-2H3,(H,25,26);4-7,12-13,17H,3,8-11,14H2,1-2H3,(H,22,25);1-8,13,17H,9-12,14H2,(H2,24,25,27). The van der Waals surface area contributed by atoms with Crippen molar-refractivity contribution in [3.63, 3.8) is 0 Å². The van der Waals surface area contributed by atoms with E-state index in [1.165, 1.54) is 47.0 Å². The van der Waals surface area contributed by atoms with Crippen LogP contribution in [0.2, 0.25) is 5.02 Å². The second-order valence-corrected chi connectivity index (χ2v) is 30.6. The van der Waals surface area contributed by atoms with Crippen LogP contribution in [0.1, 0.15) is 139 Å². The van der Waals surface area contributed by atoms with Crippen LogP contribution in [0.15, 0.2) is 211 Å². The molecule has 26 heteroatoms. The number of aromatic nitrogens is 3. The number of alkyl halides is 8. The Bertz CT molecular complexity index is 4730. The minimum atomic E-state index is -4.47. The number of benzene rings is 7. The highest BCUT2D eigenvalue weighted by Crippen LogP contribution is 2.35. The molecule has 0 radical (unpaired) electrons. The third kappa shape index (κ3) is 26.2. The number of carbonyl (C=O) groups excluding carboxylic acids is 3. The van der Waals surface area contributed by atoms with Gasteiger partial charge in [-0.05, 0) is 211 Å². The number of piperidine rings is 4. The summed E-state index contributed by atoms with van der Waals surface area (Å²) in [6.07, 6.45) is -0.102. The summed E-state index contributed by atoms with van der Waals surface area (Å²) in [6, 6.07) is 57.0. The first kappa shape index (κ1) is 85.7. The van der Waals surface area contributed by atoms with Crippen LogP contribution in [-0.4, -0.2) is 139 Å². The number of hydrogen-bond donors (Lipinski definition) is 5. The number of pyridine rings is 1. The van der Waals surface area contributed by atoms with E-state index in [2.05, 4.69) is 107 Å². The number of imidazole rings is 1. The van der Waals surface area contributed by atoms with Crippen LogP contribution in [0.3, 0.4) is 0 Å². The summed E-state index contributed by atoms with van der Waals surface area (Å²) in [6.45, 7) is 20.6. The quantitative estimate of drug-likeness (QED) is 0.0491. The maximum absolute atomic E-state index is 13.5. The van der Waals surface area contributed by atoms with E-state index >= 15 is 0 Å². The van der Waals surface area contributed by atoms with E-state index in [1.807, 2.05) is 104 Å². The maximum Gasteiger partial charge on any atom is 0.416 e. The van der Waals surface area contributed by atoms with Gasteiger partial charge in [0.2, 0.25) is 0 Å². The number of carbonyl (C=O) groups is 3. The fourth-order valence-corrected chi connectivity index (χ4v) is 15.1. The second kappa shape index (κ2) is 40.4. The fraction of sp³-hybridized carbons (Fsp3) is 0.382. The van der Waals surface area contributed by atoms with E-state index in [4.69, 9.17) is 21.0 Å². The molecule has 0 unspecified atom stereocenters. The molecule has 3 aromatic heterocycles. The number of aryl methyl sites for hydroxylation is 3. The van der Waals surface area contributed by atoms with E-state index in [0.29, 0.717) is 23.2 Å². The number of nitrogens with zero attached hydrogens (tertiary/aromatic N) is 8. The lowest BCUT2D eigenvalue weighted by atomic mass is 9.95. The molecule has 7 heterocycles. The first-order valence-corrected chi connectivity index (χ1v) is 39.7. The number of aromatic amines is 1. The van der Waals surface area contributed by atoms with Crippen molar-refractivity contribution >= 4 is 57.8 Å². The Kier molecular flexibility index (Phi) is 30.1. The molecule has 0 saturated carbocycles. The Morgan fingerprint density at radius 1 is 0.504 bits per heavy atom. The second-order valence-electron chi connectivity index (χ2n) is 30.2. The normalized spacial score (nSPS) is 15.9. The fourth-order valence-electron chi connectivity index (χ4n) is 14.9. The van der Waals surface area contributed by atoms with Gasteiger partial charge in [0.15, 0.2) is 0 Å². The van der Waals surface area contributed by atoms with Crippen molar-refractivity contribution in [1.29, 1.82) is 0 Å². The third-order valence-corrected chi connectivity index (χ3v) is 21.8. The van der Waals surface area contributed by atoms with Crippen LogP contribution in [-0.2, 0) is 51.0 Å². The van der Waals surface area contributed by atoms with Gasteiger partial charge < -0.3 is 45.4 Å². The van der Waals surface area contributed by atoms with Crippen LogP contribution in [0, 0.1) is 20.8 Å². The number of furan rings is 1.